The Morgan fingerprint density at radius 2 is 1.81 bits per heavy atom. The first-order chi connectivity index (χ1) is 15.0. The van der Waals surface area contributed by atoms with Crippen molar-refractivity contribution in [2.75, 3.05) is 6.54 Å². The van der Waals surface area contributed by atoms with Crippen molar-refractivity contribution in [1.82, 2.24) is 15.5 Å². The van der Waals surface area contributed by atoms with Gasteiger partial charge < -0.3 is 20.6 Å². The number of carbonyl (C=O) groups excluding carboxylic acids is 2. The summed E-state index contributed by atoms with van der Waals surface area (Å²) in [5, 5.41) is 15.8. The van der Waals surface area contributed by atoms with Crippen LogP contribution in [0.5, 0.6) is 0 Å². The molecule has 7 nitrogen and oxygen atoms in total. The first kappa shape index (κ1) is 21.8. The highest BCUT2D eigenvalue weighted by atomic mass is 16.4. The number of amides is 2. The third-order valence-electron chi connectivity index (χ3n) is 7.13. The largest absolute Gasteiger partial charge is 0.480 e. The molecule has 1 aromatic rings. The number of rotatable bonds is 6. The standard InChI is InChI=1S/C24H33N3O4/c28-22(19-14-17-9-4-5-10-18(17)15-25-19)26-20(13-16-7-2-1-3-8-16)23(29)27-12-6-11-21(27)24(30)31/h4-5,9-10,16,19-21,25H,1-3,6-8,11-15H2,(H,26,28)(H,30,31)/t19?,20-,21-/m0/s1. The van der Waals surface area contributed by atoms with Crippen molar-refractivity contribution in [1.29, 1.82) is 0 Å². The molecular weight excluding hydrogens is 394 g/mol. The van der Waals surface area contributed by atoms with Crippen molar-refractivity contribution in [3.63, 3.8) is 0 Å². The van der Waals surface area contributed by atoms with Gasteiger partial charge in [0.1, 0.15) is 12.1 Å². The van der Waals surface area contributed by atoms with Gasteiger partial charge in [-0.05, 0) is 42.7 Å². The Bertz CT molecular complexity index is 821. The molecule has 1 aromatic carbocycles. The molecule has 0 radical (unpaired) electrons. The van der Waals surface area contributed by atoms with E-state index in [2.05, 4.69) is 16.7 Å². The van der Waals surface area contributed by atoms with E-state index in [9.17, 15) is 19.5 Å². The van der Waals surface area contributed by atoms with Crippen LogP contribution in [0.15, 0.2) is 24.3 Å². The Morgan fingerprint density at radius 3 is 2.55 bits per heavy atom. The van der Waals surface area contributed by atoms with Gasteiger partial charge in [-0.25, -0.2) is 4.79 Å². The Hall–Kier alpha value is -2.41. The summed E-state index contributed by atoms with van der Waals surface area (Å²) in [6.07, 6.45) is 8.02. The highest BCUT2D eigenvalue weighted by molar-refractivity contribution is 5.92. The van der Waals surface area contributed by atoms with Gasteiger partial charge in [0, 0.05) is 13.1 Å². The van der Waals surface area contributed by atoms with E-state index in [0.29, 0.717) is 44.7 Å². The van der Waals surface area contributed by atoms with Gasteiger partial charge >= 0.3 is 5.97 Å². The quantitative estimate of drug-likeness (QED) is 0.647. The molecule has 2 heterocycles. The molecule has 0 spiro atoms. The lowest BCUT2D eigenvalue weighted by Crippen LogP contribution is -2.56. The zero-order valence-electron chi connectivity index (χ0n) is 18.0. The summed E-state index contributed by atoms with van der Waals surface area (Å²) >= 11 is 0. The van der Waals surface area contributed by atoms with Gasteiger partial charge in [-0.2, -0.15) is 0 Å². The average Bonchev–Trinajstić information content (AvgIpc) is 3.29. The molecule has 3 atom stereocenters. The van der Waals surface area contributed by atoms with E-state index >= 15 is 0 Å². The second kappa shape index (κ2) is 9.81. The normalized spacial score (nSPS) is 25.0. The van der Waals surface area contributed by atoms with E-state index in [1.54, 1.807) is 0 Å². The number of fused-ring (bicyclic) bond motifs is 1. The number of carbonyl (C=O) groups is 3. The molecular formula is C24H33N3O4. The van der Waals surface area contributed by atoms with E-state index in [1.165, 1.54) is 16.9 Å². The summed E-state index contributed by atoms with van der Waals surface area (Å²) < 4.78 is 0. The Labute approximate surface area is 183 Å². The number of aliphatic carboxylic acids is 1. The molecule has 3 aliphatic rings. The number of carboxylic acids is 1. The van der Waals surface area contributed by atoms with E-state index in [-0.39, 0.29) is 17.9 Å². The average molecular weight is 428 g/mol. The number of nitrogens with zero attached hydrogens (tertiary/aromatic N) is 1. The van der Waals surface area contributed by atoms with Crippen molar-refractivity contribution in [2.24, 2.45) is 5.92 Å². The first-order valence-electron chi connectivity index (χ1n) is 11.7. The fourth-order valence-electron chi connectivity index (χ4n) is 5.38. The Kier molecular flexibility index (Phi) is 6.90. The number of nitrogens with one attached hydrogen (secondary N) is 2. The van der Waals surface area contributed by atoms with E-state index in [0.717, 1.165) is 31.2 Å². The lowest BCUT2D eigenvalue weighted by atomic mass is 9.84. The van der Waals surface area contributed by atoms with Gasteiger partial charge in [0.25, 0.3) is 0 Å². The van der Waals surface area contributed by atoms with Crippen LogP contribution in [0, 0.1) is 5.92 Å². The molecule has 168 valence electrons. The smallest absolute Gasteiger partial charge is 0.326 e. The summed E-state index contributed by atoms with van der Waals surface area (Å²) in [6, 6.07) is 6.26. The molecule has 7 heteroatoms. The maximum Gasteiger partial charge on any atom is 0.326 e. The summed E-state index contributed by atoms with van der Waals surface area (Å²) in [5.74, 6) is -0.970. The molecule has 1 saturated heterocycles. The van der Waals surface area contributed by atoms with Crippen LogP contribution in [-0.2, 0) is 27.3 Å². The highest BCUT2D eigenvalue weighted by Gasteiger charge is 2.39. The van der Waals surface area contributed by atoms with Crippen molar-refractivity contribution >= 4 is 17.8 Å². The fourth-order valence-corrected chi connectivity index (χ4v) is 5.38. The van der Waals surface area contributed by atoms with Crippen molar-refractivity contribution < 1.29 is 19.5 Å². The number of hydrogen-bond acceptors (Lipinski definition) is 4. The summed E-state index contributed by atoms with van der Waals surface area (Å²) in [5.41, 5.74) is 2.35. The zero-order chi connectivity index (χ0) is 21.8. The third kappa shape index (κ3) is 5.09. The predicted octanol–water partition coefficient (Wildman–Crippen LogP) is 2.23. The topological polar surface area (TPSA) is 98.7 Å². The van der Waals surface area contributed by atoms with Crippen LogP contribution in [0.1, 0.15) is 62.5 Å². The van der Waals surface area contributed by atoms with Crippen LogP contribution in [0.3, 0.4) is 0 Å². The number of likely N-dealkylation sites (tertiary alicyclic amines) is 1. The second-order valence-electron chi connectivity index (χ2n) is 9.24. The third-order valence-corrected chi connectivity index (χ3v) is 7.13. The van der Waals surface area contributed by atoms with Crippen LogP contribution >= 0.6 is 0 Å². The van der Waals surface area contributed by atoms with Crippen LogP contribution in [0.4, 0.5) is 0 Å². The highest BCUT2D eigenvalue weighted by Crippen LogP contribution is 2.29. The number of hydrogen-bond donors (Lipinski definition) is 3. The molecule has 2 aliphatic heterocycles. The maximum atomic E-state index is 13.4. The van der Waals surface area contributed by atoms with Gasteiger partial charge in [0.2, 0.25) is 11.8 Å². The number of benzene rings is 1. The maximum absolute atomic E-state index is 13.4. The summed E-state index contributed by atoms with van der Waals surface area (Å²) in [4.78, 5) is 39.6. The van der Waals surface area contributed by atoms with Crippen LogP contribution < -0.4 is 10.6 Å². The predicted molar refractivity (Wildman–Crippen MR) is 116 cm³/mol. The molecule has 3 N–H and O–H groups in total. The molecule has 31 heavy (non-hydrogen) atoms. The Morgan fingerprint density at radius 1 is 1.06 bits per heavy atom. The van der Waals surface area contributed by atoms with Gasteiger partial charge in [-0.3, -0.25) is 9.59 Å². The molecule has 4 rings (SSSR count). The fraction of sp³-hybridized carbons (Fsp3) is 0.625. The molecule has 0 bridgehead atoms. The monoisotopic (exact) mass is 427 g/mol. The van der Waals surface area contributed by atoms with Gasteiger partial charge in [0.05, 0.1) is 6.04 Å². The van der Waals surface area contributed by atoms with Crippen LogP contribution in [0.25, 0.3) is 0 Å². The minimum absolute atomic E-state index is 0.172. The molecule has 2 amide bonds. The van der Waals surface area contributed by atoms with E-state index in [1.807, 2.05) is 18.2 Å². The molecule has 1 unspecified atom stereocenters. The molecule has 0 aromatic heterocycles. The minimum Gasteiger partial charge on any atom is -0.480 e. The van der Waals surface area contributed by atoms with Crippen LogP contribution in [0.2, 0.25) is 0 Å². The lowest BCUT2D eigenvalue weighted by Gasteiger charge is -2.32. The van der Waals surface area contributed by atoms with Crippen molar-refractivity contribution in [2.45, 2.75) is 82.5 Å². The SMILES string of the molecule is O=C(N[C@@H](CC1CCCCC1)C(=O)N1CCC[C@H]1C(=O)O)C1Cc2ccccc2CN1. The minimum atomic E-state index is -0.959. The second-order valence-corrected chi connectivity index (χ2v) is 9.24. The van der Waals surface area contributed by atoms with Crippen LogP contribution in [-0.4, -0.2) is 52.5 Å². The van der Waals surface area contributed by atoms with Crippen molar-refractivity contribution in [3.05, 3.63) is 35.4 Å². The van der Waals surface area contributed by atoms with Gasteiger partial charge in [-0.15, -0.1) is 0 Å². The Balaban J connectivity index is 1.46. The zero-order valence-corrected chi connectivity index (χ0v) is 18.0. The summed E-state index contributed by atoms with van der Waals surface area (Å²) in [6.45, 7) is 1.07. The van der Waals surface area contributed by atoms with Gasteiger partial charge in [0.15, 0.2) is 0 Å². The number of carboxylic acid groups (broad SMARTS) is 1. The van der Waals surface area contributed by atoms with E-state index in [4.69, 9.17) is 0 Å². The first-order valence-corrected chi connectivity index (χ1v) is 11.7. The molecule has 1 aliphatic carbocycles. The van der Waals surface area contributed by atoms with E-state index < -0.39 is 18.1 Å². The van der Waals surface area contributed by atoms with Gasteiger partial charge in [-0.1, -0.05) is 56.4 Å². The molecule has 1 saturated carbocycles. The summed E-state index contributed by atoms with van der Waals surface area (Å²) in [7, 11) is 0. The lowest BCUT2D eigenvalue weighted by molar-refractivity contribution is -0.149. The molecule has 2 fully saturated rings. The van der Waals surface area contributed by atoms with Crippen molar-refractivity contribution in [3.8, 4) is 0 Å².